The van der Waals surface area contributed by atoms with E-state index in [2.05, 4.69) is 84.6 Å². The van der Waals surface area contributed by atoms with Gasteiger partial charge in [-0.1, -0.05) is 84.4 Å². The molecule has 0 radical (unpaired) electrons. The third kappa shape index (κ3) is 5.27. The molecular formula is C31H30ClF2N. The Morgan fingerprint density at radius 3 is 2.43 bits per heavy atom. The van der Waals surface area contributed by atoms with Crippen molar-refractivity contribution in [3.63, 3.8) is 0 Å². The van der Waals surface area contributed by atoms with E-state index in [1.54, 1.807) is 0 Å². The fourth-order valence-electron chi connectivity index (χ4n) is 5.24. The van der Waals surface area contributed by atoms with Crippen molar-refractivity contribution in [2.24, 2.45) is 0 Å². The molecule has 4 heteroatoms. The standard InChI is InChI=1S/C31H30ClF2N/c1-21-6-4-11-28(31(21)32)27-10-5-8-24-7-2-3-9-26(24)30(27)25-14-12-22(13-15-25)18-23-19-35(20-23)17-16-29(33)34/h2-4,6-7,9,11-15,18,29H,5,8,10,16-17,19-20H2,1H3. The lowest BCUT2D eigenvalue weighted by molar-refractivity contribution is 0.111. The van der Waals surface area contributed by atoms with Gasteiger partial charge in [-0.3, -0.25) is 4.90 Å². The van der Waals surface area contributed by atoms with Crippen LogP contribution in [0.5, 0.6) is 0 Å². The lowest BCUT2D eigenvalue weighted by Crippen LogP contribution is -2.40. The summed E-state index contributed by atoms with van der Waals surface area (Å²) in [5.41, 5.74) is 11.1. The molecule has 1 saturated heterocycles. The summed E-state index contributed by atoms with van der Waals surface area (Å²) in [6.45, 7) is 4.09. The summed E-state index contributed by atoms with van der Waals surface area (Å²) in [6, 6.07) is 23.8. The second-order valence-corrected chi connectivity index (χ2v) is 9.99. The summed E-state index contributed by atoms with van der Waals surface area (Å²) in [5, 5.41) is 0.835. The summed E-state index contributed by atoms with van der Waals surface area (Å²) < 4.78 is 24.9. The Kier molecular flexibility index (Phi) is 7.17. The molecule has 3 aromatic rings. The maximum Gasteiger partial charge on any atom is 0.239 e. The molecule has 1 heterocycles. The highest BCUT2D eigenvalue weighted by Crippen LogP contribution is 2.42. The van der Waals surface area contributed by atoms with Gasteiger partial charge in [0.1, 0.15) is 0 Å². The molecule has 3 aromatic carbocycles. The van der Waals surface area contributed by atoms with Crippen LogP contribution in [0.4, 0.5) is 8.78 Å². The van der Waals surface area contributed by atoms with Crippen LogP contribution in [0.2, 0.25) is 5.02 Å². The van der Waals surface area contributed by atoms with Crippen molar-refractivity contribution in [1.29, 1.82) is 0 Å². The SMILES string of the molecule is Cc1cccc(C2=C(c3ccc(C=C4CN(CCC(F)F)C4)cc3)c3ccccc3CCC2)c1Cl. The molecule has 0 unspecified atom stereocenters. The zero-order valence-electron chi connectivity index (χ0n) is 20.0. The molecule has 0 N–H and O–H groups in total. The van der Waals surface area contributed by atoms with Gasteiger partial charge in [-0.15, -0.1) is 0 Å². The third-order valence-corrected chi connectivity index (χ3v) is 7.57. The van der Waals surface area contributed by atoms with Gasteiger partial charge in [0, 0.05) is 26.1 Å². The molecule has 1 fully saturated rings. The Balaban J connectivity index is 1.49. The van der Waals surface area contributed by atoms with Crippen molar-refractivity contribution in [3.8, 4) is 0 Å². The van der Waals surface area contributed by atoms with Gasteiger partial charge in [-0.05, 0) is 76.3 Å². The Hall–Kier alpha value is -2.75. The van der Waals surface area contributed by atoms with E-state index in [9.17, 15) is 8.78 Å². The predicted molar refractivity (Wildman–Crippen MR) is 143 cm³/mol. The second kappa shape index (κ2) is 10.5. The summed E-state index contributed by atoms with van der Waals surface area (Å²) in [7, 11) is 0. The van der Waals surface area contributed by atoms with Crippen LogP contribution in [0, 0.1) is 6.92 Å². The van der Waals surface area contributed by atoms with Crippen molar-refractivity contribution in [3.05, 3.63) is 111 Å². The first-order valence-corrected chi connectivity index (χ1v) is 12.7. The van der Waals surface area contributed by atoms with Crippen LogP contribution in [-0.2, 0) is 6.42 Å². The number of hydrogen-bond acceptors (Lipinski definition) is 1. The number of nitrogens with zero attached hydrogens (tertiary/aromatic N) is 1. The number of aryl methyl sites for hydroxylation is 2. The first-order chi connectivity index (χ1) is 17.0. The smallest absolute Gasteiger partial charge is 0.239 e. The highest BCUT2D eigenvalue weighted by Gasteiger charge is 2.23. The Bertz CT molecular complexity index is 1270. The summed E-state index contributed by atoms with van der Waals surface area (Å²) in [5.74, 6) is 0. The van der Waals surface area contributed by atoms with Crippen molar-refractivity contribution in [2.45, 2.75) is 39.0 Å². The first-order valence-electron chi connectivity index (χ1n) is 12.4. The van der Waals surface area contributed by atoms with Crippen LogP contribution in [0.3, 0.4) is 0 Å². The summed E-state index contributed by atoms with van der Waals surface area (Å²) in [6.07, 6.45) is 3.04. The molecule has 0 amide bonds. The van der Waals surface area contributed by atoms with E-state index in [0.29, 0.717) is 6.54 Å². The van der Waals surface area contributed by atoms with Gasteiger partial charge >= 0.3 is 0 Å². The number of allylic oxidation sites excluding steroid dienone is 1. The Morgan fingerprint density at radius 2 is 1.66 bits per heavy atom. The van der Waals surface area contributed by atoms with Gasteiger partial charge in [0.25, 0.3) is 0 Å². The Labute approximate surface area is 211 Å². The van der Waals surface area contributed by atoms with E-state index in [1.165, 1.54) is 33.4 Å². The summed E-state index contributed by atoms with van der Waals surface area (Å²) in [4.78, 5) is 2.07. The van der Waals surface area contributed by atoms with E-state index in [0.717, 1.165) is 54.1 Å². The minimum atomic E-state index is -2.22. The van der Waals surface area contributed by atoms with Gasteiger partial charge in [0.05, 0.1) is 5.02 Å². The fraction of sp³-hybridized carbons (Fsp3) is 0.290. The minimum Gasteiger partial charge on any atom is -0.295 e. The van der Waals surface area contributed by atoms with Crippen molar-refractivity contribution < 1.29 is 8.78 Å². The summed E-state index contributed by atoms with van der Waals surface area (Å²) >= 11 is 6.83. The molecule has 5 rings (SSSR count). The molecule has 0 spiro atoms. The molecule has 1 aliphatic carbocycles. The number of fused-ring (bicyclic) bond motifs is 1. The number of hydrogen-bond donors (Lipinski definition) is 0. The van der Waals surface area contributed by atoms with Crippen LogP contribution in [0.1, 0.15) is 52.6 Å². The monoisotopic (exact) mass is 489 g/mol. The molecule has 0 saturated carbocycles. The van der Waals surface area contributed by atoms with Crippen molar-refractivity contribution in [1.82, 2.24) is 4.90 Å². The molecule has 1 aliphatic heterocycles. The third-order valence-electron chi connectivity index (χ3n) is 7.07. The zero-order valence-corrected chi connectivity index (χ0v) is 20.8. The molecule has 0 bridgehead atoms. The highest BCUT2D eigenvalue weighted by molar-refractivity contribution is 6.33. The molecule has 2 aliphatic rings. The van der Waals surface area contributed by atoms with E-state index < -0.39 is 6.43 Å². The quantitative estimate of drug-likeness (QED) is 0.336. The van der Waals surface area contributed by atoms with Gasteiger partial charge in [-0.25, -0.2) is 8.78 Å². The topological polar surface area (TPSA) is 3.24 Å². The van der Waals surface area contributed by atoms with Crippen LogP contribution in [0.15, 0.2) is 72.3 Å². The van der Waals surface area contributed by atoms with E-state index in [1.807, 2.05) is 0 Å². The van der Waals surface area contributed by atoms with Gasteiger partial charge in [0.15, 0.2) is 0 Å². The van der Waals surface area contributed by atoms with Crippen LogP contribution >= 0.6 is 11.6 Å². The number of rotatable bonds is 6. The molecule has 0 aromatic heterocycles. The number of halogens is 3. The zero-order chi connectivity index (χ0) is 24.4. The predicted octanol–water partition coefficient (Wildman–Crippen LogP) is 8.30. The van der Waals surface area contributed by atoms with E-state index in [-0.39, 0.29) is 6.42 Å². The first kappa shape index (κ1) is 24.0. The van der Waals surface area contributed by atoms with Gasteiger partial charge < -0.3 is 0 Å². The van der Waals surface area contributed by atoms with E-state index in [4.69, 9.17) is 11.6 Å². The van der Waals surface area contributed by atoms with Crippen molar-refractivity contribution >= 4 is 28.8 Å². The largest absolute Gasteiger partial charge is 0.295 e. The number of likely N-dealkylation sites (tertiary alicyclic amines) is 1. The average Bonchev–Trinajstić information content (AvgIpc) is 3.02. The number of benzene rings is 3. The van der Waals surface area contributed by atoms with Crippen LogP contribution in [-0.4, -0.2) is 31.0 Å². The second-order valence-electron chi connectivity index (χ2n) is 9.62. The Morgan fingerprint density at radius 1 is 0.914 bits per heavy atom. The molecule has 0 atom stereocenters. The maximum atomic E-state index is 12.4. The van der Waals surface area contributed by atoms with Crippen molar-refractivity contribution in [2.75, 3.05) is 19.6 Å². The molecule has 35 heavy (non-hydrogen) atoms. The van der Waals surface area contributed by atoms with Crippen LogP contribution < -0.4 is 0 Å². The van der Waals surface area contributed by atoms with Gasteiger partial charge in [-0.2, -0.15) is 0 Å². The molecular weight excluding hydrogens is 460 g/mol. The highest BCUT2D eigenvalue weighted by atomic mass is 35.5. The lowest BCUT2D eigenvalue weighted by Gasteiger charge is -2.34. The maximum absolute atomic E-state index is 12.4. The average molecular weight is 490 g/mol. The van der Waals surface area contributed by atoms with Crippen LogP contribution in [0.25, 0.3) is 17.2 Å². The van der Waals surface area contributed by atoms with E-state index >= 15 is 0 Å². The normalized spacial score (nSPS) is 16.2. The number of alkyl halides is 2. The van der Waals surface area contributed by atoms with Gasteiger partial charge in [0.2, 0.25) is 6.43 Å². The molecule has 180 valence electrons. The lowest BCUT2D eigenvalue weighted by atomic mass is 9.87. The fourth-order valence-corrected chi connectivity index (χ4v) is 5.48. The minimum absolute atomic E-state index is 0.0498. The molecule has 1 nitrogen and oxygen atoms in total.